The van der Waals surface area contributed by atoms with Gasteiger partial charge in [0.15, 0.2) is 0 Å². The van der Waals surface area contributed by atoms with Crippen LogP contribution in [0.3, 0.4) is 0 Å². The third-order valence-electron chi connectivity index (χ3n) is 4.94. The van der Waals surface area contributed by atoms with Crippen LogP contribution in [-0.4, -0.2) is 65.3 Å². The fraction of sp³-hybridized carbons (Fsp3) is 0.450. The van der Waals surface area contributed by atoms with Gasteiger partial charge in [0.05, 0.1) is 39.5 Å². The molecule has 1 aliphatic heterocycles. The average molecular weight is 564 g/mol. The van der Waals surface area contributed by atoms with Crippen molar-refractivity contribution in [1.29, 1.82) is 0 Å². The number of esters is 1. The van der Waals surface area contributed by atoms with E-state index in [2.05, 4.69) is 20.9 Å². The molecule has 2 heterocycles. The van der Waals surface area contributed by atoms with Crippen molar-refractivity contribution in [2.75, 3.05) is 31.6 Å². The van der Waals surface area contributed by atoms with Crippen LogP contribution in [0.25, 0.3) is 10.9 Å². The van der Waals surface area contributed by atoms with Crippen molar-refractivity contribution in [2.24, 2.45) is 0 Å². The van der Waals surface area contributed by atoms with E-state index in [1.165, 1.54) is 16.9 Å². The summed E-state index contributed by atoms with van der Waals surface area (Å²) in [4.78, 5) is 43.7. The van der Waals surface area contributed by atoms with E-state index in [1.54, 1.807) is 26.8 Å². The van der Waals surface area contributed by atoms with Gasteiger partial charge in [-0.1, -0.05) is 23.2 Å². The Balaban J connectivity index is 2.16. The van der Waals surface area contributed by atoms with Crippen molar-refractivity contribution in [3.8, 4) is 0 Å². The Kier molecular flexibility index (Phi) is 7.25. The summed E-state index contributed by atoms with van der Waals surface area (Å²) in [7, 11) is 1.20. The van der Waals surface area contributed by atoms with Gasteiger partial charge < -0.3 is 19.3 Å². The number of carbonyl (C=O) groups excluding carboxylic acids is 2. The highest BCUT2D eigenvalue weighted by molar-refractivity contribution is 9.10. The van der Waals surface area contributed by atoms with E-state index in [1.807, 2.05) is 0 Å². The maximum Gasteiger partial charge on any atom is 0.410 e. The lowest BCUT2D eigenvalue weighted by Gasteiger charge is -2.41. The minimum Gasteiger partial charge on any atom is -0.467 e. The van der Waals surface area contributed by atoms with E-state index in [-0.39, 0.29) is 46.4 Å². The van der Waals surface area contributed by atoms with Crippen molar-refractivity contribution >= 4 is 73.5 Å². The van der Waals surface area contributed by atoms with Gasteiger partial charge in [-0.3, -0.25) is 10.1 Å². The number of carbonyl (C=O) groups is 2. The minimum absolute atomic E-state index is 0.0467. The minimum atomic E-state index is -1.06. The van der Waals surface area contributed by atoms with E-state index in [9.17, 15) is 19.7 Å². The molecule has 1 atom stereocenters. The molecule has 0 bridgehead atoms. The lowest BCUT2D eigenvalue weighted by Crippen LogP contribution is -2.59. The van der Waals surface area contributed by atoms with E-state index < -0.39 is 28.6 Å². The SMILES string of the molecule is COC(=O)[C@H]1CN(C(=O)OC(C)(C)C)CCN1c1c([N+](=O)[O-])cnc2cc(Br)c(Cl)c(Cl)c12. The fourth-order valence-corrected chi connectivity index (χ4v) is 4.50. The number of nitro groups is 1. The highest BCUT2D eigenvalue weighted by atomic mass is 79.9. The van der Waals surface area contributed by atoms with Gasteiger partial charge in [0.2, 0.25) is 0 Å². The zero-order valence-corrected chi connectivity index (χ0v) is 21.3. The molecule has 1 aromatic heterocycles. The molecule has 0 saturated carbocycles. The number of amides is 1. The zero-order valence-electron chi connectivity index (χ0n) is 18.2. The molecule has 13 heteroatoms. The Bertz CT molecular complexity index is 1140. The van der Waals surface area contributed by atoms with Crippen LogP contribution >= 0.6 is 39.1 Å². The number of halogens is 3. The molecule has 1 saturated heterocycles. The summed E-state index contributed by atoms with van der Waals surface area (Å²) in [5.74, 6) is -0.679. The van der Waals surface area contributed by atoms with Crippen LogP contribution in [0.4, 0.5) is 16.2 Å². The normalized spacial score (nSPS) is 16.6. The van der Waals surface area contributed by atoms with Crippen molar-refractivity contribution in [2.45, 2.75) is 32.4 Å². The second kappa shape index (κ2) is 9.47. The average Bonchev–Trinajstić information content (AvgIpc) is 2.74. The number of nitrogens with zero attached hydrogens (tertiary/aromatic N) is 4. The third kappa shape index (κ3) is 5.10. The number of hydrogen-bond donors (Lipinski definition) is 0. The first-order valence-corrected chi connectivity index (χ1v) is 11.3. The highest BCUT2D eigenvalue weighted by Crippen LogP contribution is 2.45. The Hall–Kier alpha value is -2.37. The number of ether oxygens (including phenoxy) is 2. The number of fused-ring (bicyclic) bond motifs is 1. The van der Waals surface area contributed by atoms with Crippen LogP contribution in [0.1, 0.15) is 20.8 Å². The molecule has 1 amide bonds. The summed E-state index contributed by atoms with van der Waals surface area (Å²) < 4.78 is 10.8. The molecule has 1 aromatic carbocycles. The molecule has 0 spiro atoms. The fourth-order valence-electron chi connectivity index (χ4n) is 3.53. The van der Waals surface area contributed by atoms with Gasteiger partial charge in [-0.2, -0.15) is 0 Å². The number of anilines is 1. The molecule has 1 aliphatic rings. The molecular weight excluding hydrogens is 543 g/mol. The highest BCUT2D eigenvalue weighted by Gasteiger charge is 2.40. The standard InChI is InChI=1S/C20H21BrCl2N4O6/c1-20(2,3)33-19(29)25-5-6-26(13(9-25)18(28)32-4)17-12(27(30)31)8-24-11-7-10(21)15(22)16(23)14(11)17/h7-8,13H,5-6,9H2,1-4H3/t13-/m1/s1. The third-order valence-corrected chi connectivity index (χ3v) is 6.66. The van der Waals surface area contributed by atoms with Gasteiger partial charge in [0.25, 0.3) is 0 Å². The summed E-state index contributed by atoms with van der Waals surface area (Å²) in [6, 6.07) is 0.528. The second-order valence-corrected chi connectivity index (χ2v) is 9.90. The summed E-state index contributed by atoms with van der Waals surface area (Å²) in [5.41, 5.74) is -0.673. The van der Waals surface area contributed by atoms with Crippen LogP contribution in [0.15, 0.2) is 16.7 Å². The number of benzene rings is 1. The number of methoxy groups -OCH3 is 1. The van der Waals surface area contributed by atoms with Crippen LogP contribution in [0, 0.1) is 10.1 Å². The van der Waals surface area contributed by atoms with E-state index in [4.69, 9.17) is 32.7 Å². The first-order valence-electron chi connectivity index (χ1n) is 9.78. The lowest BCUT2D eigenvalue weighted by molar-refractivity contribution is -0.384. The zero-order chi connectivity index (χ0) is 24.7. The van der Waals surface area contributed by atoms with Gasteiger partial charge in [0.1, 0.15) is 23.5 Å². The molecule has 0 aliphatic carbocycles. The predicted molar refractivity (Wildman–Crippen MR) is 127 cm³/mol. The van der Waals surface area contributed by atoms with Crippen LogP contribution in [-0.2, 0) is 14.3 Å². The lowest BCUT2D eigenvalue weighted by atomic mass is 10.1. The summed E-state index contributed by atoms with van der Waals surface area (Å²) in [5, 5.41) is 12.3. The topological polar surface area (TPSA) is 115 Å². The first-order chi connectivity index (χ1) is 15.4. The summed E-state index contributed by atoms with van der Waals surface area (Å²) in [6.45, 7) is 5.30. The number of piperazine rings is 1. The summed E-state index contributed by atoms with van der Waals surface area (Å²) >= 11 is 16.1. The Morgan fingerprint density at radius 3 is 2.52 bits per heavy atom. The Morgan fingerprint density at radius 2 is 1.94 bits per heavy atom. The van der Waals surface area contributed by atoms with Crippen molar-refractivity contribution in [3.05, 3.63) is 36.9 Å². The van der Waals surface area contributed by atoms with Crippen molar-refractivity contribution in [1.82, 2.24) is 9.88 Å². The monoisotopic (exact) mass is 562 g/mol. The molecule has 10 nitrogen and oxygen atoms in total. The molecule has 33 heavy (non-hydrogen) atoms. The first kappa shape index (κ1) is 25.3. The summed E-state index contributed by atoms with van der Waals surface area (Å²) in [6.07, 6.45) is 0.498. The van der Waals surface area contributed by atoms with Crippen LogP contribution < -0.4 is 4.90 Å². The number of pyridine rings is 1. The predicted octanol–water partition coefficient (Wildman–Crippen LogP) is 4.81. The molecule has 178 valence electrons. The van der Waals surface area contributed by atoms with Crippen molar-refractivity contribution < 1.29 is 24.0 Å². The molecule has 0 radical (unpaired) electrons. The maximum absolute atomic E-state index is 12.7. The molecule has 0 N–H and O–H groups in total. The maximum atomic E-state index is 12.7. The molecule has 0 unspecified atom stereocenters. The van der Waals surface area contributed by atoms with Gasteiger partial charge in [-0.25, -0.2) is 14.6 Å². The smallest absolute Gasteiger partial charge is 0.410 e. The number of rotatable bonds is 3. The van der Waals surface area contributed by atoms with Gasteiger partial charge in [0, 0.05) is 17.6 Å². The van der Waals surface area contributed by atoms with Gasteiger partial charge >= 0.3 is 17.7 Å². The van der Waals surface area contributed by atoms with Crippen LogP contribution in [0.2, 0.25) is 10.0 Å². The Morgan fingerprint density at radius 1 is 1.27 bits per heavy atom. The molecule has 3 rings (SSSR count). The molecular formula is C20H21BrCl2N4O6. The number of aromatic nitrogens is 1. The van der Waals surface area contributed by atoms with Crippen molar-refractivity contribution in [3.63, 3.8) is 0 Å². The second-order valence-electron chi connectivity index (χ2n) is 8.29. The largest absolute Gasteiger partial charge is 0.467 e. The molecule has 2 aromatic rings. The van der Waals surface area contributed by atoms with Gasteiger partial charge in [-0.15, -0.1) is 0 Å². The quantitative estimate of drug-likeness (QED) is 0.226. The van der Waals surface area contributed by atoms with E-state index in [0.29, 0.717) is 9.99 Å². The molecule has 1 fully saturated rings. The van der Waals surface area contributed by atoms with E-state index >= 15 is 0 Å². The van der Waals surface area contributed by atoms with Crippen LogP contribution in [0.5, 0.6) is 0 Å². The van der Waals surface area contributed by atoms with Gasteiger partial charge in [-0.05, 0) is 42.8 Å². The Labute approximate surface area is 208 Å². The number of hydrogen-bond acceptors (Lipinski definition) is 8. The van der Waals surface area contributed by atoms with E-state index in [0.717, 1.165) is 6.20 Å².